The zero-order valence-electron chi connectivity index (χ0n) is 13.0. The number of ether oxygens (including phenoxy) is 1. The third-order valence-corrected chi connectivity index (χ3v) is 3.36. The van der Waals surface area contributed by atoms with Gasteiger partial charge in [0, 0.05) is 18.5 Å². The number of carbonyl (C=O) groups excluding carboxylic acids is 2. The summed E-state index contributed by atoms with van der Waals surface area (Å²) in [5.41, 5.74) is 6.62. The first-order valence-corrected chi connectivity index (χ1v) is 7.44. The Kier molecular flexibility index (Phi) is 5.74. The highest BCUT2D eigenvalue weighted by molar-refractivity contribution is 5.94. The molecule has 2 aromatic rings. The molecule has 0 aliphatic carbocycles. The highest BCUT2D eigenvalue weighted by atomic mass is 16.5. The van der Waals surface area contributed by atoms with E-state index in [4.69, 9.17) is 10.5 Å². The summed E-state index contributed by atoms with van der Waals surface area (Å²) in [7, 11) is 0. The van der Waals surface area contributed by atoms with E-state index >= 15 is 0 Å². The Hall–Kier alpha value is -2.82. The van der Waals surface area contributed by atoms with Crippen LogP contribution in [0.3, 0.4) is 0 Å². The molecule has 2 amide bonds. The number of nitrogens with one attached hydrogen (secondary N) is 1. The van der Waals surface area contributed by atoms with Crippen molar-refractivity contribution in [3.05, 3.63) is 65.7 Å². The molecule has 0 saturated carbocycles. The minimum atomic E-state index is -0.441. The first-order valence-electron chi connectivity index (χ1n) is 7.44. The van der Waals surface area contributed by atoms with Crippen LogP contribution in [-0.2, 0) is 4.79 Å². The summed E-state index contributed by atoms with van der Waals surface area (Å²) in [6.45, 7) is 2.21. The first kappa shape index (κ1) is 16.5. The zero-order chi connectivity index (χ0) is 16.7. The van der Waals surface area contributed by atoms with Gasteiger partial charge in [-0.25, -0.2) is 0 Å². The Morgan fingerprint density at radius 3 is 2.35 bits per heavy atom. The van der Waals surface area contributed by atoms with Gasteiger partial charge in [-0.2, -0.15) is 0 Å². The predicted molar refractivity (Wildman–Crippen MR) is 88.1 cm³/mol. The summed E-state index contributed by atoms with van der Waals surface area (Å²) >= 11 is 0. The second kappa shape index (κ2) is 7.98. The molecule has 0 fully saturated rings. The fraction of sp³-hybridized carbons (Fsp3) is 0.222. The number of carbonyl (C=O) groups is 2. The van der Waals surface area contributed by atoms with Crippen molar-refractivity contribution >= 4 is 11.8 Å². The Balaban J connectivity index is 1.91. The van der Waals surface area contributed by atoms with Crippen LogP contribution >= 0.6 is 0 Å². The van der Waals surface area contributed by atoms with Crippen LogP contribution in [0, 0.1) is 0 Å². The van der Waals surface area contributed by atoms with Gasteiger partial charge < -0.3 is 15.8 Å². The molecule has 5 heteroatoms. The molecule has 23 heavy (non-hydrogen) atoms. The molecule has 2 rings (SSSR count). The number of nitrogens with two attached hydrogens (primary N) is 1. The largest absolute Gasteiger partial charge is 0.486 e. The molecule has 1 atom stereocenters. The van der Waals surface area contributed by atoms with Crippen molar-refractivity contribution in [1.29, 1.82) is 0 Å². The number of amides is 2. The van der Waals surface area contributed by atoms with Gasteiger partial charge in [0.1, 0.15) is 11.9 Å². The predicted octanol–water partition coefficient (Wildman–Crippen LogP) is 2.43. The second-order valence-electron chi connectivity index (χ2n) is 5.17. The minimum absolute atomic E-state index is 0.0774. The highest BCUT2D eigenvalue weighted by Crippen LogP contribution is 2.21. The summed E-state index contributed by atoms with van der Waals surface area (Å²) in [6, 6.07) is 16.8. The van der Waals surface area contributed by atoms with Gasteiger partial charge in [-0.05, 0) is 36.8 Å². The molecule has 5 nitrogen and oxygen atoms in total. The fourth-order valence-corrected chi connectivity index (χ4v) is 2.08. The van der Waals surface area contributed by atoms with Crippen LogP contribution in [0.5, 0.6) is 5.75 Å². The van der Waals surface area contributed by atoms with E-state index in [-0.39, 0.29) is 25.0 Å². The van der Waals surface area contributed by atoms with E-state index in [9.17, 15) is 9.59 Å². The van der Waals surface area contributed by atoms with Crippen LogP contribution in [-0.4, -0.2) is 18.4 Å². The smallest absolute Gasteiger partial charge is 0.251 e. The van der Waals surface area contributed by atoms with Gasteiger partial charge in [-0.3, -0.25) is 9.59 Å². The van der Waals surface area contributed by atoms with E-state index < -0.39 is 5.91 Å². The van der Waals surface area contributed by atoms with E-state index in [1.807, 2.05) is 37.3 Å². The normalized spacial score (nSPS) is 11.5. The Labute approximate surface area is 135 Å². The van der Waals surface area contributed by atoms with E-state index in [2.05, 4.69) is 5.32 Å². The maximum absolute atomic E-state index is 11.9. The average Bonchev–Trinajstić information content (AvgIpc) is 2.56. The van der Waals surface area contributed by atoms with Crippen molar-refractivity contribution in [2.45, 2.75) is 19.4 Å². The maximum Gasteiger partial charge on any atom is 0.251 e. The van der Waals surface area contributed by atoms with Gasteiger partial charge in [0.2, 0.25) is 5.91 Å². The number of primary amides is 1. The minimum Gasteiger partial charge on any atom is -0.486 e. The topological polar surface area (TPSA) is 81.4 Å². The zero-order valence-corrected chi connectivity index (χ0v) is 13.0. The molecule has 0 unspecified atom stereocenters. The standard InChI is InChI=1S/C18H20N2O3/c1-13(14-5-3-2-4-6-14)23-16-9-7-15(8-10-16)18(22)20-12-11-17(19)21/h2-10,13H,11-12H2,1H3,(H2,19,21)(H,20,22)/t13-/m1/s1. The number of benzene rings is 2. The van der Waals surface area contributed by atoms with Gasteiger partial charge >= 0.3 is 0 Å². The quantitative estimate of drug-likeness (QED) is 0.824. The average molecular weight is 312 g/mol. The molecule has 2 aromatic carbocycles. The van der Waals surface area contributed by atoms with Crippen LogP contribution in [0.25, 0.3) is 0 Å². The lowest BCUT2D eigenvalue weighted by Gasteiger charge is -2.15. The van der Waals surface area contributed by atoms with Crippen molar-refractivity contribution < 1.29 is 14.3 Å². The molecular weight excluding hydrogens is 292 g/mol. The molecule has 120 valence electrons. The van der Waals surface area contributed by atoms with Crippen molar-refractivity contribution in [1.82, 2.24) is 5.32 Å². The highest BCUT2D eigenvalue weighted by Gasteiger charge is 2.09. The van der Waals surface area contributed by atoms with Crippen LogP contribution < -0.4 is 15.8 Å². The van der Waals surface area contributed by atoms with Crippen molar-refractivity contribution in [2.75, 3.05) is 6.54 Å². The van der Waals surface area contributed by atoms with Crippen LogP contribution in [0.1, 0.15) is 35.4 Å². The molecule has 0 spiro atoms. The summed E-state index contributed by atoms with van der Waals surface area (Å²) in [5.74, 6) is 0.00731. The summed E-state index contributed by atoms with van der Waals surface area (Å²) in [6.07, 6.45) is 0.0491. The van der Waals surface area contributed by atoms with E-state index in [1.165, 1.54) is 0 Å². The fourth-order valence-electron chi connectivity index (χ4n) is 2.08. The van der Waals surface area contributed by atoms with Crippen molar-refractivity contribution in [3.63, 3.8) is 0 Å². The molecule has 0 radical (unpaired) electrons. The maximum atomic E-state index is 11.9. The first-order chi connectivity index (χ1) is 11.1. The van der Waals surface area contributed by atoms with Gasteiger partial charge in [0.05, 0.1) is 0 Å². The number of hydrogen-bond acceptors (Lipinski definition) is 3. The van der Waals surface area contributed by atoms with Gasteiger partial charge in [-0.1, -0.05) is 30.3 Å². The van der Waals surface area contributed by atoms with Crippen molar-refractivity contribution in [3.8, 4) is 5.75 Å². The van der Waals surface area contributed by atoms with Crippen LogP contribution in [0.15, 0.2) is 54.6 Å². The molecule has 0 saturated heterocycles. The van der Waals surface area contributed by atoms with E-state index in [0.717, 1.165) is 5.56 Å². The van der Waals surface area contributed by atoms with Gasteiger partial charge in [-0.15, -0.1) is 0 Å². The lowest BCUT2D eigenvalue weighted by atomic mass is 10.1. The second-order valence-corrected chi connectivity index (χ2v) is 5.17. The molecule has 0 aliphatic rings. The number of rotatable bonds is 7. The summed E-state index contributed by atoms with van der Waals surface area (Å²) in [5, 5.41) is 2.64. The molecular formula is C18H20N2O3. The van der Waals surface area contributed by atoms with Crippen LogP contribution in [0.4, 0.5) is 0 Å². The Morgan fingerprint density at radius 2 is 1.74 bits per heavy atom. The molecule has 0 bridgehead atoms. The summed E-state index contributed by atoms with van der Waals surface area (Å²) < 4.78 is 5.85. The monoisotopic (exact) mass is 312 g/mol. The third kappa shape index (κ3) is 5.14. The Bertz CT molecular complexity index is 654. The van der Waals surface area contributed by atoms with E-state index in [0.29, 0.717) is 11.3 Å². The molecule has 0 heterocycles. The van der Waals surface area contributed by atoms with Crippen LogP contribution in [0.2, 0.25) is 0 Å². The summed E-state index contributed by atoms with van der Waals surface area (Å²) in [4.78, 5) is 22.5. The Morgan fingerprint density at radius 1 is 1.09 bits per heavy atom. The van der Waals surface area contributed by atoms with Crippen molar-refractivity contribution in [2.24, 2.45) is 5.73 Å². The number of hydrogen-bond donors (Lipinski definition) is 2. The van der Waals surface area contributed by atoms with Gasteiger partial charge in [0.25, 0.3) is 5.91 Å². The molecule has 0 aliphatic heterocycles. The SMILES string of the molecule is C[C@@H](Oc1ccc(C(=O)NCCC(N)=O)cc1)c1ccccc1. The van der Waals surface area contributed by atoms with E-state index in [1.54, 1.807) is 24.3 Å². The molecule has 0 aromatic heterocycles. The third-order valence-electron chi connectivity index (χ3n) is 3.36. The lowest BCUT2D eigenvalue weighted by molar-refractivity contribution is -0.117. The lowest BCUT2D eigenvalue weighted by Crippen LogP contribution is -2.27. The molecule has 3 N–H and O–H groups in total. The van der Waals surface area contributed by atoms with Gasteiger partial charge in [0.15, 0.2) is 0 Å².